The van der Waals surface area contributed by atoms with Crippen LogP contribution in [0, 0.1) is 12.8 Å². The fraction of sp³-hybridized carbons (Fsp3) is 0.652. The smallest absolute Gasteiger partial charge is 0.262 e. The molecule has 1 aromatic carbocycles. The van der Waals surface area contributed by atoms with Gasteiger partial charge in [0.2, 0.25) is 15.9 Å². The Labute approximate surface area is 195 Å². The molecule has 3 heterocycles. The van der Waals surface area contributed by atoms with Gasteiger partial charge in [0.1, 0.15) is 5.75 Å². The summed E-state index contributed by atoms with van der Waals surface area (Å²) in [7, 11) is -3.72. The zero-order valence-corrected chi connectivity index (χ0v) is 20.1. The van der Waals surface area contributed by atoms with E-state index in [1.807, 2.05) is 0 Å². The third kappa shape index (κ3) is 5.67. The zero-order chi connectivity index (χ0) is 23.4. The lowest BCUT2D eigenvalue weighted by atomic mass is 9.97. The number of nitrogens with zero attached hydrogens (tertiary/aromatic N) is 2. The van der Waals surface area contributed by atoms with Gasteiger partial charge in [0.15, 0.2) is 6.61 Å². The molecule has 2 amide bonds. The van der Waals surface area contributed by atoms with E-state index in [-0.39, 0.29) is 29.2 Å². The number of nitrogens with one attached hydrogen (secondary N) is 2. The monoisotopic (exact) mass is 478 g/mol. The third-order valence-corrected chi connectivity index (χ3v) is 8.82. The van der Waals surface area contributed by atoms with Crippen LogP contribution in [0.5, 0.6) is 5.75 Å². The summed E-state index contributed by atoms with van der Waals surface area (Å²) in [4.78, 5) is 26.7. The van der Waals surface area contributed by atoms with Gasteiger partial charge in [-0.1, -0.05) is 12.8 Å². The van der Waals surface area contributed by atoms with Crippen molar-refractivity contribution in [1.82, 2.24) is 14.5 Å². The average Bonchev–Trinajstić information content (AvgIpc) is 3.07. The molecular formula is C23H34N4O5S. The number of carbonyl (C=O) groups is 2. The van der Waals surface area contributed by atoms with Crippen molar-refractivity contribution in [3.63, 3.8) is 0 Å². The molecule has 0 aromatic heterocycles. The number of carbonyl (C=O) groups excluding carboxylic acids is 2. The number of fused-ring (bicyclic) bond motifs is 1. The first-order chi connectivity index (χ1) is 15.8. The lowest BCUT2D eigenvalue weighted by Gasteiger charge is -2.31. The maximum absolute atomic E-state index is 13.3. The van der Waals surface area contributed by atoms with Crippen molar-refractivity contribution in [1.29, 1.82) is 0 Å². The molecule has 0 radical (unpaired) electrons. The van der Waals surface area contributed by atoms with Crippen molar-refractivity contribution < 1.29 is 22.7 Å². The lowest BCUT2D eigenvalue weighted by Crippen LogP contribution is -2.44. The molecule has 9 nitrogen and oxygen atoms in total. The van der Waals surface area contributed by atoms with Crippen molar-refractivity contribution >= 4 is 27.5 Å². The van der Waals surface area contributed by atoms with Gasteiger partial charge in [0.25, 0.3) is 5.91 Å². The number of ether oxygens (including phenoxy) is 1. The van der Waals surface area contributed by atoms with Crippen LogP contribution < -0.4 is 15.4 Å². The molecule has 2 fully saturated rings. The van der Waals surface area contributed by atoms with Crippen molar-refractivity contribution in [2.45, 2.75) is 50.3 Å². The molecule has 2 N–H and O–H groups in total. The van der Waals surface area contributed by atoms with Crippen LogP contribution in [0.1, 0.15) is 44.1 Å². The lowest BCUT2D eigenvalue weighted by molar-refractivity contribution is -0.126. The number of hydrogen-bond acceptors (Lipinski definition) is 6. The number of anilines is 1. The first kappa shape index (κ1) is 24.0. The van der Waals surface area contributed by atoms with E-state index in [2.05, 4.69) is 15.5 Å². The number of likely N-dealkylation sites (tertiary alicyclic amines) is 1. The van der Waals surface area contributed by atoms with E-state index in [1.54, 1.807) is 13.0 Å². The number of hydrogen-bond donors (Lipinski definition) is 2. The molecule has 0 bridgehead atoms. The van der Waals surface area contributed by atoms with Gasteiger partial charge < -0.3 is 20.3 Å². The topological polar surface area (TPSA) is 108 Å². The van der Waals surface area contributed by atoms with Gasteiger partial charge in [-0.2, -0.15) is 4.31 Å². The molecule has 0 aliphatic carbocycles. The van der Waals surface area contributed by atoms with E-state index < -0.39 is 10.0 Å². The van der Waals surface area contributed by atoms with Crippen LogP contribution in [0.3, 0.4) is 0 Å². The molecule has 3 aliphatic rings. The van der Waals surface area contributed by atoms with Gasteiger partial charge in [-0.3, -0.25) is 9.59 Å². The minimum absolute atomic E-state index is 0.0240. The Morgan fingerprint density at radius 1 is 1.12 bits per heavy atom. The summed E-state index contributed by atoms with van der Waals surface area (Å²) in [5, 5.41) is 5.75. The van der Waals surface area contributed by atoms with Gasteiger partial charge >= 0.3 is 0 Å². The summed E-state index contributed by atoms with van der Waals surface area (Å²) in [5.41, 5.74) is 1.03. The van der Waals surface area contributed by atoms with Crippen LogP contribution in [0.25, 0.3) is 0 Å². The molecule has 3 aliphatic heterocycles. The van der Waals surface area contributed by atoms with Crippen molar-refractivity contribution in [2.75, 3.05) is 51.2 Å². The Morgan fingerprint density at radius 2 is 1.82 bits per heavy atom. The third-order valence-electron chi connectivity index (χ3n) is 6.78. The Morgan fingerprint density at radius 3 is 2.52 bits per heavy atom. The van der Waals surface area contributed by atoms with E-state index >= 15 is 0 Å². The van der Waals surface area contributed by atoms with Gasteiger partial charge in [-0.05, 0) is 57.3 Å². The highest BCUT2D eigenvalue weighted by Crippen LogP contribution is 2.35. The molecule has 1 aromatic rings. The van der Waals surface area contributed by atoms with Crippen molar-refractivity contribution in [2.24, 2.45) is 5.92 Å². The van der Waals surface area contributed by atoms with E-state index in [4.69, 9.17) is 4.74 Å². The summed E-state index contributed by atoms with van der Waals surface area (Å²) in [6, 6.07) is 3.12. The summed E-state index contributed by atoms with van der Waals surface area (Å²) < 4.78 is 33.4. The minimum atomic E-state index is -3.72. The molecule has 10 heteroatoms. The maximum atomic E-state index is 13.3. The Bertz CT molecular complexity index is 981. The van der Waals surface area contributed by atoms with Gasteiger partial charge in [-0.15, -0.1) is 0 Å². The largest absolute Gasteiger partial charge is 0.482 e. The van der Waals surface area contributed by atoms with E-state index in [0.717, 1.165) is 19.6 Å². The van der Waals surface area contributed by atoms with E-state index in [9.17, 15) is 18.0 Å². The van der Waals surface area contributed by atoms with Crippen LogP contribution in [0.2, 0.25) is 0 Å². The maximum Gasteiger partial charge on any atom is 0.262 e. The summed E-state index contributed by atoms with van der Waals surface area (Å²) in [6.45, 7) is 5.91. The number of rotatable bonds is 6. The summed E-state index contributed by atoms with van der Waals surface area (Å²) in [5.74, 6) is -0.0403. The fourth-order valence-electron chi connectivity index (χ4n) is 4.83. The second-order valence-corrected chi connectivity index (χ2v) is 11.1. The number of amides is 2. The number of benzene rings is 1. The van der Waals surface area contributed by atoms with Crippen LogP contribution in [-0.2, 0) is 19.6 Å². The molecule has 2 saturated heterocycles. The van der Waals surface area contributed by atoms with E-state index in [1.165, 1.54) is 36.1 Å². The molecule has 182 valence electrons. The molecule has 0 unspecified atom stereocenters. The first-order valence-electron chi connectivity index (χ1n) is 11.9. The minimum Gasteiger partial charge on any atom is -0.482 e. The summed E-state index contributed by atoms with van der Waals surface area (Å²) >= 11 is 0. The van der Waals surface area contributed by atoms with Crippen molar-refractivity contribution in [3.8, 4) is 5.75 Å². The normalized spacial score (nSPS) is 20.9. The van der Waals surface area contributed by atoms with Crippen LogP contribution >= 0.6 is 0 Å². The average molecular weight is 479 g/mol. The zero-order valence-electron chi connectivity index (χ0n) is 19.3. The highest BCUT2D eigenvalue weighted by Gasteiger charge is 2.34. The van der Waals surface area contributed by atoms with Crippen molar-refractivity contribution in [3.05, 3.63) is 17.7 Å². The second-order valence-electron chi connectivity index (χ2n) is 9.18. The number of aryl methyl sites for hydroxylation is 1. The molecular weight excluding hydrogens is 444 g/mol. The quantitative estimate of drug-likeness (QED) is 0.645. The number of piperidine rings is 1. The van der Waals surface area contributed by atoms with Crippen LogP contribution in [0.15, 0.2) is 17.0 Å². The van der Waals surface area contributed by atoms with Crippen LogP contribution in [0.4, 0.5) is 5.69 Å². The predicted octanol–water partition coefficient (Wildman–Crippen LogP) is 1.72. The molecule has 0 atom stereocenters. The fourth-order valence-corrected chi connectivity index (χ4v) is 6.52. The highest BCUT2D eigenvalue weighted by atomic mass is 32.2. The van der Waals surface area contributed by atoms with E-state index in [0.29, 0.717) is 49.5 Å². The standard InChI is InChI=1S/C23H34N4O5S/c1-17-14-19-20(32-16-22(28)25-19)15-21(17)33(30,31)27-11-6-18(7-12-27)23(29)24-8-13-26-9-4-2-3-5-10-26/h14-15,18H,2-13,16H2,1H3,(H,24,29)(H,25,28). The Balaban J connectivity index is 1.30. The van der Waals surface area contributed by atoms with Crippen LogP contribution in [-0.4, -0.2) is 75.3 Å². The SMILES string of the molecule is Cc1cc2c(cc1S(=O)(=O)N1CCC(C(=O)NCCN3CCCCCC3)CC1)OCC(=O)N2. The summed E-state index contributed by atoms with van der Waals surface area (Å²) in [6.07, 6.45) is 6.05. The second kappa shape index (κ2) is 10.4. The van der Waals surface area contributed by atoms with Gasteiger partial charge in [0.05, 0.1) is 10.6 Å². The highest BCUT2D eigenvalue weighted by molar-refractivity contribution is 7.89. The predicted molar refractivity (Wildman–Crippen MR) is 125 cm³/mol. The molecule has 33 heavy (non-hydrogen) atoms. The first-order valence-corrected chi connectivity index (χ1v) is 13.4. The number of sulfonamides is 1. The van der Waals surface area contributed by atoms with Gasteiger partial charge in [-0.25, -0.2) is 8.42 Å². The Kier molecular flexibility index (Phi) is 7.55. The molecule has 0 spiro atoms. The Hall–Kier alpha value is -2.17. The molecule has 0 saturated carbocycles. The molecule has 4 rings (SSSR count). The van der Waals surface area contributed by atoms with Gasteiger partial charge in [0, 0.05) is 38.2 Å².